The van der Waals surface area contributed by atoms with E-state index in [0.29, 0.717) is 128 Å². The third kappa shape index (κ3) is 18.2. The summed E-state index contributed by atoms with van der Waals surface area (Å²) >= 11 is 0. The average molecular weight is 967 g/mol. The lowest BCUT2D eigenvalue weighted by molar-refractivity contribution is -0.0203. The molecule has 0 saturated heterocycles. The number of benzene rings is 2. The molecule has 20 nitrogen and oxygen atoms in total. The smallest absolute Gasteiger partial charge is 0.407 e. The van der Waals surface area contributed by atoms with E-state index in [2.05, 4.69) is 33.0 Å². The van der Waals surface area contributed by atoms with E-state index < -0.39 is 21.7 Å². The highest BCUT2D eigenvalue weighted by atomic mass is 32.2. The van der Waals surface area contributed by atoms with Crippen LogP contribution >= 0.6 is 0 Å². The van der Waals surface area contributed by atoms with Crippen LogP contribution in [0.1, 0.15) is 50.0 Å². The summed E-state index contributed by atoms with van der Waals surface area (Å²) in [6.07, 6.45) is 5.50. The molecule has 0 fully saturated rings. The van der Waals surface area contributed by atoms with Gasteiger partial charge in [0.2, 0.25) is 5.95 Å². The molecule has 0 unspecified atom stereocenters. The van der Waals surface area contributed by atoms with Crippen molar-refractivity contribution in [2.75, 3.05) is 111 Å². The number of nitrogens with one attached hydrogen (secondary N) is 3. The first-order valence-electron chi connectivity index (χ1n) is 22.7. The van der Waals surface area contributed by atoms with Gasteiger partial charge in [0.15, 0.2) is 5.65 Å². The minimum absolute atomic E-state index is 0.140. The van der Waals surface area contributed by atoms with Gasteiger partial charge >= 0.3 is 6.09 Å². The summed E-state index contributed by atoms with van der Waals surface area (Å²) in [6.45, 7) is 16.6. The number of alkyl carbamates (subject to hydrolysis) is 1. The number of amides is 2. The Morgan fingerprint density at radius 2 is 1.21 bits per heavy atom. The third-order valence-corrected chi connectivity index (χ3v) is 11.2. The van der Waals surface area contributed by atoms with Gasteiger partial charge in [-0.15, -0.1) is 0 Å². The molecule has 372 valence electrons. The zero-order valence-electron chi connectivity index (χ0n) is 39.7. The Morgan fingerprint density at radius 1 is 0.676 bits per heavy atom. The Balaban J connectivity index is 0.901. The van der Waals surface area contributed by atoms with Gasteiger partial charge in [-0.25, -0.2) is 22.2 Å². The first-order chi connectivity index (χ1) is 32.8. The summed E-state index contributed by atoms with van der Waals surface area (Å²) < 4.78 is 74.3. The molecule has 0 saturated carbocycles. The Hall–Kier alpha value is -5.52. The van der Waals surface area contributed by atoms with Crippen molar-refractivity contribution in [1.82, 2.24) is 34.4 Å². The van der Waals surface area contributed by atoms with Gasteiger partial charge in [0, 0.05) is 54.2 Å². The predicted octanol–water partition coefficient (Wildman–Crippen LogP) is 5.36. The van der Waals surface area contributed by atoms with Crippen molar-refractivity contribution in [2.45, 2.75) is 58.1 Å². The van der Waals surface area contributed by atoms with Gasteiger partial charge in [-0.05, 0) is 76.6 Å². The lowest BCUT2D eigenvalue weighted by Gasteiger charge is -2.19. The molecule has 0 aliphatic carbocycles. The molecule has 21 heteroatoms. The van der Waals surface area contributed by atoms with Gasteiger partial charge in [0.25, 0.3) is 15.9 Å². The Labute approximate surface area is 398 Å². The molecular formula is C47H66N8O12S. The van der Waals surface area contributed by atoms with Crippen molar-refractivity contribution in [1.29, 1.82) is 0 Å². The number of aryl methyl sites for hydroxylation is 2. The number of anilines is 2. The molecule has 5 aromatic rings. The fraction of sp³-hybridized carbons (Fsp3) is 0.511. The maximum absolute atomic E-state index is 13.8. The van der Waals surface area contributed by atoms with Crippen molar-refractivity contribution in [3.05, 3.63) is 84.3 Å². The predicted molar refractivity (Wildman–Crippen MR) is 255 cm³/mol. The van der Waals surface area contributed by atoms with Crippen LogP contribution in [0.5, 0.6) is 0 Å². The number of aromatic nitrogens is 5. The maximum Gasteiger partial charge on any atom is 0.407 e. The number of rotatable bonds is 32. The summed E-state index contributed by atoms with van der Waals surface area (Å²) in [6, 6.07) is 15.2. The van der Waals surface area contributed by atoms with E-state index >= 15 is 0 Å². The van der Waals surface area contributed by atoms with Crippen LogP contribution in [0, 0.1) is 6.92 Å². The molecule has 2 aromatic carbocycles. The number of ether oxygens (including phenoxy) is 8. The van der Waals surface area contributed by atoms with E-state index in [0.717, 1.165) is 24.1 Å². The molecule has 0 atom stereocenters. The zero-order chi connectivity index (χ0) is 48.6. The van der Waals surface area contributed by atoms with Crippen LogP contribution in [0.2, 0.25) is 0 Å². The Morgan fingerprint density at radius 3 is 1.74 bits per heavy atom. The van der Waals surface area contributed by atoms with Gasteiger partial charge < -0.3 is 53.8 Å². The lowest BCUT2D eigenvalue weighted by atomic mass is 10.2. The summed E-state index contributed by atoms with van der Waals surface area (Å²) in [4.78, 5) is 34.0. The number of carbonyl (C=O) groups is 2. The van der Waals surface area contributed by atoms with Crippen LogP contribution in [-0.2, 0) is 54.5 Å². The molecule has 0 radical (unpaired) electrons. The van der Waals surface area contributed by atoms with E-state index in [-0.39, 0.29) is 22.4 Å². The first kappa shape index (κ1) is 53.4. The molecule has 2 amide bonds. The van der Waals surface area contributed by atoms with Gasteiger partial charge in [-0.1, -0.05) is 24.6 Å². The minimum atomic E-state index is -3.98. The van der Waals surface area contributed by atoms with Crippen molar-refractivity contribution in [2.24, 2.45) is 0 Å². The van der Waals surface area contributed by atoms with Crippen LogP contribution < -0.4 is 16.0 Å². The van der Waals surface area contributed by atoms with E-state index in [1.54, 1.807) is 60.8 Å². The van der Waals surface area contributed by atoms with Gasteiger partial charge in [0.05, 0.1) is 109 Å². The molecule has 5 rings (SSSR count). The molecule has 0 spiro atoms. The number of fused-ring (bicyclic) bond motifs is 1. The van der Waals surface area contributed by atoms with E-state index in [4.69, 9.17) is 42.9 Å². The van der Waals surface area contributed by atoms with Crippen LogP contribution in [0.3, 0.4) is 0 Å². The van der Waals surface area contributed by atoms with E-state index in [9.17, 15) is 18.0 Å². The summed E-state index contributed by atoms with van der Waals surface area (Å²) in [7, 11) is -3.98. The van der Waals surface area contributed by atoms with Gasteiger partial charge in [0.1, 0.15) is 5.60 Å². The summed E-state index contributed by atoms with van der Waals surface area (Å²) in [5, 5.41) is 13.7. The fourth-order valence-electron chi connectivity index (χ4n) is 6.26. The highest BCUT2D eigenvalue weighted by Gasteiger charge is 2.23. The Kier molecular flexibility index (Phi) is 22.1. The topological polar surface area (TPSA) is 227 Å². The maximum atomic E-state index is 13.8. The second kappa shape index (κ2) is 28.1. The normalized spacial score (nSPS) is 11.8. The molecule has 3 heterocycles. The van der Waals surface area contributed by atoms with E-state index in [1.807, 2.05) is 38.6 Å². The number of carbonyl (C=O) groups excluding carboxylic acids is 2. The standard InChI is InChI=1S/C47H66N8O12S/c1-6-18-54-35-38(34-50-54)42-41-15-19-55(68(58,59)40-13-7-36(2)8-14-40)43(41)53-45(52-42)51-39-11-9-37(10-12-39)44(56)48-16-20-60-22-24-62-26-28-64-30-32-66-33-31-65-29-27-63-25-23-61-21-17-49-46(57)67-47(3,4)5/h7-15,19,34-35H,6,16-18,20-33H2,1-5H3,(H,48,56)(H,49,57)(H,51,52,53). The number of nitrogens with zero attached hydrogens (tertiary/aromatic N) is 5. The van der Waals surface area contributed by atoms with Crippen molar-refractivity contribution in [3.63, 3.8) is 0 Å². The van der Waals surface area contributed by atoms with Crippen molar-refractivity contribution in [3.8, 4) is 11.3 Å². The second-order valence-corrected chi connectivity index (χ2v) is 18.0. The second-order valence-electron chi connectivity index (χ2n) is 16.2. The van der Waals surface area contributed by atoms with Gasteiger partial charge in [-0.3, -0.25) is 9.48 Å². The average Bonchev–Trinajstić information content (AvgIpc) is 3.97. The summed E-state index contributed by atoms with van der Waals surface area (Å²) in [5.74, 6) is -0.0892. The SMILES string of the molecule is CCCn1cc(-c2nc(Nc3ccc(C(=O)NCCOCCOCCOCCOCCOCCOCCOCCNC(=O)OC(C)(C)C)cc3)nc3c2ccn3S(=O)(=O)c2ccc(C)cc2)cn1. The number of hydrogen-bond donors (Lipinski definition) is 3. The fourth-order valence-corrected chi connectivity index (χ4v) is 7.55. The van der Waals surface area contributed by atoms with Crippen LogP contribution in [0.15, 0.2) is 78.1 Å². The van der Waals surface area contributed by atoms with E-state index in [1.165, 1.54) is 10.2 Å². The molecular weight excluding hydrogens is 901 g/mol. The molecule has 3 aromatic heterocycles. The quantitative estimate of drug-likeness (QED) is 0.0461. The van der Waals surface area contributed by atoms with Crippen molar-refractivity contribution >= 4 is 44.7 Å². The lowest BCUT2D eigenvalue weighted by Crippen LogP contribution is -2.34. The van der Waals surface area contributed by atoms with Crippen molar-refractivity contribution < 1.29 is 55.9 Å². The van der Waals surface area contributed by atoms with Gasteiger partial charge in [-0.2, -0.15) is 10.1 Å². The Bertz CT molecular complexity index is 2390. The largest absolute Gasteiger partial charge is 0.444 e. The first-order valence-corrected chi connectivity index (χ1v) is 24.2. The van der Waals surface area contributed by atoms with Crippen LogP contribution in [0.4, 0.5) is 16.4 Å². The molecule has 0 aliphatic heterocycles. The highest BCUT2D eigenvalue weighted by Crippen LogP contribution is 2.31. The minimum Gasteiger partial charge on any atom is -0.444 e. The monoisotopic (exact) mass is 966 g/mol. The molecule has 68 heavy (non-hydrogen) atoms. The van der Waals surface area contributed by atoms with Crippen LogP contribution in [0.25, 0.3) is 22.3 Å². The third-order valence-electron chi connectivity index (χ3n) is 9.53. The summed E-state index contributed by atoms with van der Waals surface area (Å²) in [5.41, 5.74) is 2.91. The zero-order valence-corrected chi connectivity index (χ0v) is 40.5. The van der Waals surface area contributed by atoms with Crippen LogP contribution in [-0.4, -0.2) is 155 Å². The molecule has 3 N–H and O–H groups in total. The number of hydrogen-bond acceptors (Lipinski definition) is 16. The molecule has 0 bridgehead atoms. The highest BCUT2D eigenvalue weighted by molar-refractivity contribution is 7.90. The molecule has 0 aliphatic rings.